The molecule has 3 heteroatoms. The second-order valence-electron chi connectivity index (χ2n) is 4.68. The zero-order chi connectivity index (χ0) is 11.7. The van der Waals surface area contributed by atoms with Gasteiger partial charge in [0.2, 0.25) is 0 Å². The summed E-state index contributed by atoms with van der Waals surface area (Å²) in [5.74, 6) is 0. The zero-order valence-electron chi connectivity index (χ0n) is 10.2. The smallest absolute Gasteiger partial charge is 0.0630 e. The topological polar surface area (TPSA) is 29.3 Å². The first-order valence-electron chi connectivity index (χ1n) is 5.83. The van der Waals surface area contributed by atoms with Crippen LogP contribution in [-0.2, 0) is 0 Å². The van der Waals surface area contributed by atoms with Gasteiger partial charge in [0.05, 0.1) is 11.4 Å². The maximum absolute atomic E-state index is 6.09. The predicted molar refractivity (Wildman–Crippen MR) is 74.3 cm³/mol. The highest BCUT2D eigenvalue weighted by atomic mass is 32.2. The fourth-order valence-corrected chi connectivity index (χ4v) is 3.80. The average molecular weight is 236 g/mol. The molecule has 2 atom stereocenters. The number of aryl methyl sites for hydroxylation is 1. The van der Waals surface area contributed by atoms with Gasteiger partial charge in [0, 0.05) is 23.6 Å². The highest BCUT2D eigenvalue weighted by Gasteiger charge is 2.24. The van der Waals surface area contributed by atoms with Crippen molar-refractivity contribution < 1.29 is 0 Å². The van der Waals surface area contributed by atoms with Crippen LogP contribution in [-0.4, -0.2) is 23.6 Å². The number of nitrogens with two attached hydrogens (primary N) is 1. The molecule has 1 aliphatic rings. The summed E-state index contributed by atoms with van der Waals surface area (Å²) in [6.45, 7) is 8.93. The number of nitrogen functional groups attached to an aromatic ring is 1. The lowest BCUT2D eigenvalue weighted by atomic mass is 10.1. The molecule has 1 fully saturated rings. The summed E-state index contributed by atoms with van der Waals surface area (Å²) < 4.78 is 0. The zero-order valence-corrected chi connectivity index (χ0v) is 11.1. The Morgan fingerprint density at radius 1 is 1.25 bits per heavy atom. The Morgan fingerprint density at radius 3 is 2.44 bits per heavy atom. The quantitative estimate of drug-likeness (QED) is 0.760. The number of hydrogen-bond donors (Lipinski definition) is 1. The third-order valence-electron chi connectivity index (χ3n) is 3.00. The van der Waals surface area contributed by atoms with E-state index in [9.17, 15) is 0 Å². The molecule has 1 aromatic carbocycles. The van der Waals surface area contributed by atoms with Crippen LogP contribution in [0.25, 0.3) is 0 Å². The second-order valence-corrected chi connectivity index (χ2v) is 6.56. The van der Waals surface area contributed by atoms with Crippen LogP contribution in [0.3, 0.4) is 0 Å². The van der Waals surface area contributed by atoms with E-state index in [1.165, 1.54) is 11.3 Å². The van der Waals surface area contributed by atoms with E-state index in [1.54, 1.807) is 0 Å². The van der Waals surface area contributed by atoms with Crippen LogP contribution < -0.4 is 10.6 Å². The van der Waals surface area contributed by atoms with Crippen molar-refractivity contribution in [2.24, 2.45) is 0 Å². The molecule has 0 bridgehead atoms. The van der Waals surface area contributed by atoms with Gasteiger partial charge in [-0.05, 0) is 18.6 Å². The number of thioether (sulfide) groups is 1. The molecule has 16 heavy (non-hydrogen) atoms. The first-order chi connectivity index (χ1) is 7.58. The van der Waals surface area contributed by atoms with Gasteiger partial charge in [-0.25, -0.2) is 0 Å². The first kappa shape index (κ1) is 11.6. The maximum Gasteiger partial charge on any atom is 0.0630 e. The van der Waals surface area contributed by atoms with Crippen LogP contribution >= 0.6 is 11.8 Å². The highest BCUT2D eigenvalue weighted by Crippen LogP contribution is 2.33. The van der Waals surface area contributed by atoms with Gasteiger partial charge >= 0.3 is 0 Å². The van der Waals surface area contributed by atoms with Gasteiger partial charge in [-0.2, -0.15) is 11.8 Å². The predicted octanol–water partition coefficient (Wildman–Crippen LogP) is 2.91. The van der Waals surface area contributed by atoms with Crippen molar-refractivity contribution >= 4 is 23.1 Å². The maximum atomic E-state index is 6.09. The monoisotopic (exact) mass is 236 g/mol. The van der Waals surface area contributed by atoms with Crippen LogP contribution in [0.15, 0.2) is 18.2 Å². The van der Waals surface area contributed by atoms with Crippen LogP contribution in [0.4, 0.5) is 11.4 Å². The molecule has 1 saturated heterocycles. The van der Waals surface area contributed by atoms with Gasteiger partial charge in [0.25, 0.3) is 0 Å². The lowest BCUT2D eigenvalue weighted by Gasteiger charge is -2.37. The third-order valence-corrected chi connectivity index (χ3v) is 4.23. The summed E-state index contributed by atoms with van der Waals surface area (Å²) in [7, 11) is 0. The molecule has 88 valence electrons. The average Bonchev–Trinajstić information content (AvgIpc) is 2.15. The Labute approximate surface area is 102 Å². The van der Waals surface area contributed by atoms with E-state index in [1.807, 2.05) is 12.1 Å². The van der Waals surface area contributed by atoms with Crippen molar-refractivity contribution in [2.45, 2.75) is 31.3 Å². The first-order valence-corrected chi connectivity index (χ1v) is 6.77. The molecule has 0 aliphatic carbocycles. The lowest BCUT2D eigenvalue weighted by Crippen LogP contribution is -2.41. The molecular formula is C13H20N2S. The number of para-hydroxylation sites is 1. The lowest BCUT2D eigenvalue weighted by molar-refractivity contribution is 0.727. The number of rotatable bonds is 1. The van der Waals surface area contributed by atoms with Gasteiger partial charge in [-0.3, -0.25) is 0 Å². The van der Waals surface area contributed by atoms with Crippen LogP contribution in [0, 0.1) is 6.92 Å². The summed E-state index contributed by atoms with van der Waals surface area (Å²) in [4.78, 5) is 2.44. The van der Waals surface area contributed by atoms with Crippen LogP contribution in [0.2, 0.25) is 0 Å². The molecule has 0 radical (unpaired) electrons. The molecule has 2 nitrogen and oxygen atoms in total. The molecule has 2 rings (SSSR count). The van der Waals surface area contributed by atoms with Crippen molar-refractivity contribution in [3.8, 4) is 0 Å². The van der Waals surface area contributed by atoms with Crippen LogP contribution in [0.5, 0.6) is 0 Å². The molecule has 0 aromatic heterocycles. The number of nitrogens with zero attached hydrogens (tertiary/aromatic N) is 1. The van der Waals surface area contributed by atoms with E-state index in [4.69, 9.17) is 5.73 Å². The fourth-order valence-electron chi connectivity index (χ4n) is 2.47. The summed E-state index contributed by atoms with van der Waals surface area (Å²) in [5.41, 5.74) is 9.52. The number of hydrogen-bond acceptors (Lipinski definition) is 3. The minimum atomic E-state index is 0.683. The Kier molecular flexibility index (Phi) is 3.33. The van der Waals surface area contributed by atoms with Crippen molar-refractivity contribution in [3.05, 3.63) is 23.8 Å². The minimum Gasteiger partial charge on any atom is -0.397 e. The number of anilines is 2. The third kappa shape index (κ3) is 2.29. The number of benzene rings is 1. The molecule has 0 amide bonds. The van der Waals surface area contributed by atoms with Gasteiger partial charge in [0.15, 0.2) is 0 Å². The van der Waals surface area contributed by atoms with Gasteiger partial charge < -0.3 is 10.6 Å². The van der Waals surface area contributed by atoms with Crippen molar-refractivity contribution in [1.29, 1.82) is 0 Å². The molecule has 2 N–H and O–H groups in total. The van der Waals surface area contributed by atoms with Crippen LogP contribution in [0.1, 0.15) is 19.4 Å². The van der Waals surface area contributed by atoms with Gasteiger partial charge in [-0.1, -0.05) is 26.0 Å². The minimum absolute atomic E-state index is 0.683. The van der Waals surface area contributed by atoms with Crippen molar-refractivity contribution in [3.63, 3.8) is 0 Å². The molecular weight excluding hydrogens is 216 g/mol. The highest BCUT2D eigenvalue weighted by molar-refractivity contribution is 8.00. The molecule has 1 aromatic rings. The SMILES string of the molecule is Cc1cccc(N)c1N1CC(C)SC(C)C1. The molecule has 1 aliphatic heterocycles. The normalized spacial score (nSPS) is 25.8. The van der Waals surface area contributed by atoms with E-state index in [-0.39, 0.29) is 0 Å². The molecule has 0 saturated carbocycles. The van der Waals surface area contributed by atoms with Crippen molar-refractivity contribution in [1.82, 2.24) is 0 Å². The van der Waals surface area contributed by atoms with Gasteiger partial charge in [-0.15, -0.1) is 0 Å². The van der Waals surface area contributed by atoms with E-state index < -0.39 is 0 Å². The Hall–Kier alpha value is -0.830. The Morgan fingerprint density at radius 2 is 1.88 bits per heavy atom. The second kappa shape index (κ2) is 4.58. The fraction of sp³-hybridized carbons (Fsp3) is 0.538. The molecule has 0 spiro atoms. The Balaban J connectivity index is 2.29. The summed E-state index contributed by atoms with van der Waals surface area (Å²) in [6, 6.07) is 6.17. The standard InChI is InChI=1S/C13H20N2S/c1-9-5-4-6-12(14)13(9)15-7-10(2)16-11(3)8-15/h4-6,10-11H,7-8,14H2,1-3H3. The van der Waals surface area contributed by atoms with E-state index >= 15 is 0 Å². The van der Waals surface area contributed by atoms with Crippen molar-refractivity contribution in [2.75, 3.05) is 23.7 Å². The summed E-state index contributed by atoms with van der Waals surface area (Å²) in [6.07, 6.45) is 0. The Bertz CT molecular complexity index is 348. The van der Waals surface area contributed by atoms with E-state index in [0.717, 1.165) is 18.8 Å². The molecule has 2 unspecified atom stereocenters. The van der Waals surface area contributed by atoms with E-state index in [0.29, 0.717) is 10.5 Å². The van der Waals surface area contributed by atoms with E-state index in [2.05, 4.69) is 43.5 Å². The summed E-state index contributed by atoms with van der Waals surface area (Å²) >= 11 is 2.07. The largest absolute Gasteiger partial charge is 0.397 e. The summed E-state index contributed by atoms with van der Waals surface area (Å²) in [5, 5.41) is 1.37. The molecule has 1 heterocycles. The van der Waals surface area contributed by atoms with Gasteiger partial charge in [0.1, 0.15) is 0 Å².